The lowest BCUT2D eigenvalue weighted by Crippen LogP contribution is -1.99. The van der Waals surface area contributed by atoms with Crippen molar-refractivity contribution in [2.75, 3.05) is 0 Å². The van der Waals surface area contributed by atoms with Crippen LogP contribution in [0.4, 0.5) is 0 Å². The Labute approximate surface area is 158 Å². The third-order valence-electron chi connectivity index (χ3n) is 4.58. The normalized spacial score (nSPS) is 11.2. The van der Waals surface area contributed by atoms with E-state index in [-0.39, 0.29) is 0 Å². The Hall–Kier alpha value is -2.65. The maximum absolute atomic E-state index is 6.64. The van der Waals surface area contributed by atoms with Gasteiger partial charge in [-0.2, -0.15) is 0 Å². The SMILES string of the molecule is CCCCc1cn(-c2nc(Cl)c(-c3ccccc3)c3ccccc23)cn1. The van der Waals surface area contributed by atoms with Crippen LogP contribution in [0.5, 0.6) is 0 Å². The molecule has 0 N–H and O–H groups in total. The van der Waals surface area contributed by atoms with Crippen molar-refractivity contribution in [3.05, 3.63) is 78.0 Å². The number of imidazole rings is 1. The van der Waals surface area contributed by atoms with Crippen molar-refractivity contribution in [3.8, 4) is 16.9 Å². The smallest absolute Gasteiger partial charge is 0.147 e. The number of halogens is 1. The van der Waals surface area contributed by atoms with E-state index >= 15 is 0 Å². The highest BCUT2D eigenvalue weighted by atomic mass is 35.5. The van der Waals surface area contributed by atoms with Crippen molar-refractivity contribution in [1.29, 1.82) is 0 Å². The van der Waals surface area contributed by atoms with Gasteiger partial charge in [0.25, 0.3) is 0 Å². The summed E-state index contributed by atoms with van der Waals surface area (Å²) >= 11 is 6.64. The monoisotopic (exact) mass is 361 g/mol. The van der Waals surface area contributed by atoms with E-state index in [0.29, 0.717) is 5.15 Å². The summed E-state index contributed by atoms with van der Waals surface area (Å²) in [5.41, 5.74) is 3.13. The second-order valence-electron chi connectivity index (χ2n) is 6.39. The Balaban J connectivity index is 1.89. The zero-order chi connectivity index (χ0) is 17.9. The number of aromatic nitrogens is 3. The predicted octanol–water partition coefficient (Wildman–Crippen LogP) is 6.08. The Morgan fingerprint density at radius 3 is 2.46 bits per heavy atom. The predicted molar refractivity (Wildman–Crippen MR) is 108 cm³/mol. The highest BCUT2D eigenvalue weighted by Gasteiger charge is 2.15. The molecule has 0 saturated heterocycles. The van der Waals surface area contributed by atoms with E-state index in [2.05, 4.69) is 42.4 Å². The van der Waals surface area contributed by atoms with Crippen molar-refractivity contribution in [2.45, 2.75) is 26.2 Å². The van der Waals surface area contributed by atoms with Gasteiger partial charge in [-0.15, -0.1) is 0 Å². The first-order valence-corrected chi connectivity index (χ1v) is 9.32. The molecule has 0 spiro atoms. The third kappa shape index (κ3) is 3.11. The van der Waals surface area contributed by atoms with Crippen LogP contribution in [0.25, 0.3) is 27.7 Å². The molecule has 2 aromatic carbocycles. The van der Waals surface area contributed by atoms with Crippen LogP contribution in [0.15, 0.2) is 67.1 Å². The van der Waals surface area contributed by atoms with Gasteiger partial charge in [0.15, 0.2) is 0 Å². The van der Waals surface area contributed by atoms with E-state index < -0.39 is 0 Å². The van der Waals surface area contributed by atoms with Gasteiger partial charge in [0.1, 0.15) is 17.3 Å². The van der Waals surface area contributed by atoms with Crippen molar-refractivity contribution in [1.82, 2.24) is 14.5 Å². The van der Waals surface area contributed by atoms with E-state index in [4.69, 9.17) is 16.6 Å². The van der Waals surface area contributed by atoms with Crippen LogP contribution in [0, 0.1) is 0 Å². The first kappa shape index (κ1) is 16.8. The molecule has 0 radical (unpaired) electrons. The first-order chi connectivity index (χ1) is 12.8. The number of fused-ring (bicyclic) bond motifs is 1. The Morgan fingerprint density at radius 1 is 0.962 bits per heavy atom. The molecular formula is C22H20ClN3. The standard InChI is InChI=1S/C22H20ClN3/c1-2-3-11-17-14-26(15-24-17)22-19-13-8-7-12-18(19)20(21(23)25-22)16-9-5-4-6-10-16/h4-10,12-15H,2-3,11H2,1H3. The largest absolute Gasteiger partial charge is 0.290 e. The maximum Gasteiger partial charge on any atom is 0.147 e. The molecule has 2 heterocycles. The molecule has 2 aromatic heterocycles. The van der Waals surface area contributed by atoms with Gasteiger partial charge in [-0.25, -0.2) is 9.97 Å². The van der Waals surface area contributed by atoms with Gasteiger partial charge in [-0.1, -0.05) is 79.5 Å². The molecule has 0 aliphatic carbocycles. The second-order valence-corrected chi connectivity index (χ2v) is 6.75. The summed E-state index contributed by atoms with van der Waals surface area (Å²) in [5, 5.41) is 2.67. The molecule has 4 heteroatoms. The van der Waals surface area contributed by atoms with Crippen molar-refractivity contribution in [2.24, 2.45) is 0 Å². The summed E-state index contributed by atoms with van der Waals surface area (Å²) in [5.74, 6) is 0.820. The Morgan fingerprint density at radius 2 is 1.69 bits per heavy atom. The molecule has 0 fully saturated rings. The summed E-state index contributed by atoms with van der Waals surface area (Å²) in [6.07, 6.45) is 7.17. The second kappa shape index (κ2) is 7.30. The number of benzene rings is 2. The van der Waals surface area contributed by atoms with Crippen LogP contribution in [0.2, 0.25) is 5.15 Å². The van der Waals surface area contributed by atoms with Crippen LogP contribution in [-0.4, -0.2) is 14.5 Å². The van der Waals surface area contributed by atoms with E-state index in [0.717, 1.165) is 52.7 Å². The third-order valence-corrected chi connectivity index (χ3v) is 4.85. The van der Waals surface area contributed by atoms with Gasteiger partial charge in [0, 0.05) is 17.1 Å². The molecule has 4 aromatic rings. The van der Waals surface area contributed by atoms with E-state index in [1.54, 1.807) is 0 Å². The molecule has 0 aliphatic heterocycles. The molecule has 130 valence electrons. The molecule has 0 unspecified atom stereocenters. The van der Waals surface area contributed by atoms with E-state index in [1.165, 1.54) is 0 Å². The molecule has 0 bridgehead atoms. The number of pyridine rings is 1. The van der Waals surface area contributed by atoms with Gasteiger partial charge >= 0.3 is 0 Å². The number of aryl methyl sites for hydroxylation is 1. The summed E-state index contributed by atoms with van der Waals surface area (Å²) in [6.45, 7) is 2.19. The fourth-order valence-electron chi connectivity index (χ4n) is 3.26. The highest BCUT2D eigenvalue weighted by Crippen LogP contribution is 2.36. The van der Waals surface area contributed by atoms with Crippen LogP contribution in [0.1, 0.15) is 25.5 Å². The van der Waals surface area contributed by atoms with Gasteiger partial charge in [-0.3, -0.25) is 4.57 Å². The maximum atomic E-state index is 6.64. The van der Waals surface area contributed by atoms with E-state index in [1.807, 2.05) is 41.2 Å². The quantitative estimate of drug-likeness (QED) is 0.403. The lowest BCUT2D eigenvalue weighted by atomic mass is 10.0. The summed E-state index contributed by atoms with van der Waals surface area (Å²) in [6, 6.07) is 18.4. The summed E-state index contributed by atoms with van der Waals surface area (Å²) in [4.78, 5) is 9.26. The van der Waals surface area contributed by atoms with E-state index in [9.17, 15) is 0 Å². The van der Waals surface area contributed by atoms with Crippen LogP contribution >= 0.6 is 11.6 Å². The average molecular weight is 362 g/mol. The van der Waals surface area contributed by atoms with Crippen molar-refractivity contribution < 1.29 is 0 Å². The zero-order valence-corrected chi connectivity index (χ0v) is 15.4. The molecular weight excluding hydrogens is 342 g/mol. The number of hydrogen-bond donors (Lipinski definition) is 0. The molecule has 0 atom stereocenters. The molecule has 0 amide bonds. The van der Waals surface area contributed by atoms with Crippen LogP contribution in [0.3, 0.4) is 0 Å². The molecule has 26 heavy (non-hydrogen) atoms. The van der Waals surface area contributed by atoms with Gasteiger partial charge in [0.2, 0.25) is 0 Å². The highest BCUT2D eigenvalue weighted by molar-refractivity contribution is 6.34. The Kier molecular flexibility index (Phi) is 4.72. The summed E-state index contributed by atoms with van der Waals surface area (Å²) in [7, 11) is 0. The fourth-order valence-corrected chi connectivity index (χ4v) is 3.55. The number of rotatable bonds is 5. The van der Waals surface area contributed by atoms with Crippen molar-refractivity contribution in [3.63, 3.8) is 0 Å². The van der Waals surface area contributed by atoms with Gasteiger partial charge in [0.05, 0.1) is 5.69 Å². The molecule has 0 saturated carbocycles. The topological polar surface area (TPSA) is 30.7 Å². The number of unbranched alkanes of at least 4 members (excludes halogenated alkanes) is 1. The minimum atomic E-state index is 0.508. The van der Waals surface area contributed by atoms with Crippen LogP contribution < -0.4 is 0 Å². The fraction of sp³-hybridized carbons (Fsp3) is 0.182. The first-order valence-electron chi connectivity index (χ1n) is 8.95. The Bertz CT molecular complexity index is 1040. The lowest BCUT2D eigenvalue weighted by Gasteiger charge is -2.13. The minimum absolute atomic E-state index is 0.508. The average Bonchev–Trinajstić information content (AvgIpc) is 3.15. The molecule has 0 aliphatic rings. The molecule has 4 rings (SSSR count). The lowest BCUT2D eigenvalue weighted by molar-refractivity contribution is 0.780. The van der Waals surface area contributed by atoms with Gasteiger partial charge in [-0.05, 0) is 23.8 Å². The number of nitrogens with zero attached hydrogens (tertiary/aromatic N) is 3. The minimum Gasteiger partial charge on any atom is -0.290 e. The van der Waals surface area contributed by atoms with Gasteiger partial charge < -0.3 is 0 Å². The zero-order valence-electron chi connectivity index (χ0n) is 14.7. The summed E-state index contributed by atoms with van der Waals surface area (Å²) < 4.78 is 1.98. The number of hydrogen-bond acceptors (Lipinski definition) is 2. The van der Waals surface area contributed by atoms with Crippen LogP contribution in [-0.2, 0) is 6.42 Å². The van der Waals surface area contributed by atoms with Crippen molar-refractivity contribution >= 4 is 22.4 Å². The molecule has 3 nitrogen and oxygen atoms in total.